The van der Waals surface area contributed by atoms with Gasteiger partial charge in [0.05, 0.1) is 5.69 Å². The van der Waals surface area contributed by atoms with E-state index in [9.17, 15) is 0 Å². The predicted molar refractivity (Wildman–Crippen MR) is 79.8 cm³/mol. The number of nitrogens with two attached hydrogens (primary N) is 1. The lowest BCUT2D eigenvalue weighted by atomic mass is 10.1. The van der Waals surface area contributed by atoms with Crippen molar-refractivity contribution in [2.24, 2.45) is 5.73 Å². The predicted octanol–water partition coefficient (Wildman–Crippen LogP) is 2.98. The van der Waals surface area contributed by atoms with Gasteiger partial charge in [-0.05, 0) is 11.6 Å². The number of halogens is 1. The van der Waals surface area contributed by atoms with Gasteiger partial charge in [-0.3, -0.25) is 0 Å². The number of hydrogen-bond donors (Lipinski definition) is 2. The molecule has 0 aliphatic heterocycles. The molecule has 19 heavy (non-hydrogen) atoms. The fourth-order valence-corrected chi connectivity index (χ4v) is 1.94. The molecule has 0 radical (unpaired) electrons. The zero-order chi connectivity index (χ0) is 12.5. The number of H-pyrrole nitrogens is 1. The van der Waals surface area contributed by atoms with Gasteiger partial charge in [-0.2, -0.15) is 0 Å². The van der Waals surface area contributed by atoms with Crippen molar-refractivity contribution >= 4 is 29.1 Å². The number of aromatic nitrogens is 3. The van der Waals surface area contributed by atoms with Crippen LogP contribution in [0.15, 0.2) is 49.4 Å². The van der Waals surface area contributed by atoms with Crippen LogP contribution < -0.4 is 5.73 Å². The molecular formula is C14H13ClN4. The average Bonchev–Trinajstić information content (AvgIpc) is 2.87. The molecule has 96 valence electrons. The minimum atomic E-state index is 0. The van der Waals surface area contributed by atoms with Gasteiger partial charge < -0.3 is 10.7 Å². The zero-order valence-corrected chi connectivity index (χ0v) is 10.9. The Labute approximate surface area is 116 Å². The maximum absolute atomic E-state index is 5.65. The van der Waals surface area contributed by atoms with Gasteiger partial charge in [-0.15, -0.1) is 12.4 Å². The molecule has 0 saturated heterocycles. The highest BCUT2D eigenvalue weighted by atomic mass is 35.5. The highest BCUT2D eigenvalue weighted by Gasteiger charge is 2.06. The van der Waals surface area contributed by atoms with E-state index in [1.165, 1.54) is 0 Å². The Morgan fingerprint density at radius 3 is 2.53 bits per heavy atom. The summed E-state index contributed by atoms with van der Waals surface area (Å²) in [6.45, 7) is 3.72. The molecular weight excluding hydrogens is 260 g/mol. The quantitative estimate of drug-likeness (QED) is 0.754. The van der Waals surface area contributed by atoms with Crippen molar-refractivity contribution < 1.29 is 0 Å². The van der Waals surface area contributed by atoms with Crippen LogP contribution in [-0.2, 0) is 0 Å². The molecule has 0 fully saturated rings. The first-order valence-electron chi connectivity index (χ1n) is 5.59. The van der Waals surface area contributed by atoms with Crippen molar-refractivity contribution in [1.82, 2.24) is 15.0 Å². The van der Waals surface area contributed by atoms with Crippen LogP contribution in [0.25, 0.3) is 28.0 Å². The number of nitrogens with zero attached hydrogens (tertiary/aromatic N) is 2. The van der Waals surface area contributed by atoms with E-state index in [0.29, 0.717) is 5.70 Å². The second kappa shape index (κ2) is 5.12. The standard InChI is InChI=1S/C14H12N4.ClH/c1-9(15)10-2-4-11(5-3-10)13-12-6-7-16-14(12)18-8-17-13;/h2-8H,1,15H2,(H,16,17,18);1H. The molecule has 5 heteroatoms. The maximum atomic E-state index is 5.65. The van der Waals surface area contributed by atoms with Crippen molar-refractivity contribution in [1.29, 1.82) is 0 Å². The average molecular weight is 273 g/mol. The molecule has 1 aromatic carbocycles. The molecule has 3 rings (SSSR count). The first kappa shape index (κ1) is 13.1. The van der Waals surface area contributed by atoms with E-state index in [2.05, 4.69) is 21.5 Å². The number of nitrogens with one attached hydrogen (secondary N) is 1. The van der Waals surface area contributed by atoms with Gasteiger partial charge in [0.1, 0.15) is 12.0 Å². The topological polar surface area (TPSA) is 67.6 Å². The molecule has 0 atom stereocenters. The van der Waals surface area contributed by atoms with E-state index in [0.717, 1.165) is 27.9 Å². The summed E-state index contributed by atoms with van der Waals surface area (Å²) < 4.78 is 0. The van der Waals surface area contributed by atoms with E-state index in [1.807, 2.05) is 36.5 Å². The van der Waals surface area contributed by atoms with Crippen LogP contribution in [-0.4, -0.2) is 15.0 Å². The summed E-state index contributed by atoms with van der Waals surface area (Å²) in [7, 11) is 0. The summed E-state index contributed by atoms with van der Waals surface area (Å²) in [5.41, 5.74) is 9.93. The number of aromatic amines is 1. The molecule has 4 nitrogen and oxygen atoms in total. The molecule has 3 N–H and O–H groups in total. The van der Waals surface area contributed by atoms with Crippen molar-refractivity contribution in [3.63, 3.8) is 0 Å². The minimum Gasteiger partial charge on any atom is -0.399 e. The number of fused-ring (bicyclic) bond motifs is 1. The van der Waals surface area contributed by atoms with Gasteiger partial charge in [0, 0.05) is 22.8 Å². The van der Waals surface area contributed by atoms with Gasteiger partial charge >= 0.3 is 0 Å². The van der Waals surface area contributed by atoms with Crippen molar-refractivity contribution in [3.8, 4) is 11.3 Å². The highest BCUT2D eigenvalue weighted by Crippen LogP contribution is 2.25. The Morgan fingerprint density at radius 2 is 1.84 bits per heavy atom. The summed E-state index contributed by atoms with van der Waals surface area (Å²) in [4.78, 5) is 11.6. The fourth-order valence-electron chi connectivity index (χ4n) is 1.94. The second-order valence-corrected chi connectivity index (χ2v) is 4.06. The van der Waals surface area contributed by atoms with Gasteiger partial charge in [0.15, 0.2) is 0 Å². The molecule has 2 heterocycles. The Balaban J connectivity index is 0.00000133. The summed E-state index contributed by atoms with van der Waals surface area (Å²) in [6.07, 6.45) is 3.42. The first-order valence-corrected chi connectivity index (χ1v) is 5.59. The van der Waals surface area contributed by atoms with E-state index >= 15 is 0 Å². The Bertz CT molecular complexity index is 716. The third-order valence-corrected chi connectivity index (χ3v) is 2.88. The molecule has 0 aliphatic carbocycles. The largest absolute Gasteiger partial charge is 0.399 e. The van der Waals surface area contributed by atoms with E-state index < -0.39 is 0 Å². The Morgan fingerprint density at radius 1 is 1.11 bits per heavy atom. The van der Waals surface area contributed by atoms with E-state index in [4.69, 9.17) is 5.73 Å². The Hall–Kier alpha value is -2.33. The van der Waals surface area contributed by atoms with Gasteiger partial charge in [0.2, 0.25) is 0 Å². The number of rotatable bonds is 2. The van der Waals surface area contributed by atoms with Crippen molar-refractivity contribution in [2.75, 3.05) is 0 Å². The van der Waals surface area contributed by atoms with E-state index in [-0.39, 0.29) is 12.4 Å². The van der Waals surface area contributed by atoms with Crippen LogP contribution in [0.1, 0.15) is 5.56 Å². The SMILES string of the molecule is C=C(N)c1ccc(-c2ncnc3[nH]ccc23)cc1.Cl. The van der Waals surface area contributed by atoms with Crippen molar-refractivity contribution in [3.05, 3.63) is 55.0 Å². The number of hydrogen-bond acceptors (Lipinski definition) is 3. The monoisotopic (exact) mass is 272 g/mol. The van der Waals surface area contributed by atoms with E-state index in [1.54, 1.807) is 6.33 Å². The van der Waals surface area contributed by atoms with Crippen LogP contribution in [0.4, 0.5) is 0 Å². The zero-order valence-electron chi connectivity index (χ0n) is 10.1. The van der Waals surface area contributed by atoms with Gasteiger partial charge in [-0.25, -0.2) is 9.97 Å². The van der Waals surface area contributed by atoms with Crippen molar-refractivity contribution in [2.45, 2.75) is 0 Å². The van der Waals surface area contributed by atoms with Gasteiger partial charge in [-0.1, -0.05) is 30.8 Å². The molecule has 0 unspecified atom stereocenters. The third-order valence-electron chi connectivity index (χ3n) is 2.88. The fraction of sp³-hybridized carbons (Fsp3) is 0. The van der Waals surface area contributed by atoms with Crippen LogP contribution in [0.3, 0.4) is 0 Å². The third kappa shape index (κ3) is 2.30. The molecule has 3 aromatic rings. The first-order chi connectivity index (χ1) is 8.75. The van der Waals surface area contributed by atoms with Gasteiger partial charge in [0.25, 0.3) is 0 Å². The second-order valence-electron chi connectivity index (χ2n) is 4.06. The van der Waals surface area contributed by atoms with Crippen LogP contribution in [0, 0.1) is 0 Å². The van der Waals surface area contributed by atoms with Crippen LogP contribution in [0.2, 0.25) is 0 Å². The lowest BCUT2D eigenvalue weighted by molar-refractivity contribution is 1.20. The normalized spacial score (nSPS) is 10.1. The summed E-state index contributed by atoms with van der Waals surface area (Å²) in [5, 5.41) is 1.01. The molecule has 0 amide bonds. The molecule has 0 spiro atoms. The van der Waals surface area contributed by atoms with Crippen LogP contribution in [0.5, 0.6) is 0 Å². The lowest BCUT2D eigenvalue weighted by Gasteiger charge is -2.04. The molecule has 0 aliphatic rings. The molecule has 0 bridgehead atoms. The number of benzene rings is 1. The van der Waals surface area contributed by atoms with Crippen LogP contribution >= 0.6 is 12.4 Å². The summed E-state index contributed by atoms with van der Waals surface area (Å²) in [6, 6.07) is 9.83. The minimum absolute atomic E-state index is 0. The smallest absolute Gasteiger partial charge is 0.141 e. The highest BCUT2D eigenvalue weighted by molar-refractivity contribution is 5.90. The summed E-state index contributed by atoms with van der Waals surface area (Å²) in [5.74, 6) is 0. The molecule has 2 aromatic heterocycles. The lowest BCUT2D eigenvalue weighted by Crippen LogP contribution is -1.93. The molecule has 0 saturated carbocycles. The summed E-state index contributed by atoms with van der Waals surface area (Å²) >= 11 is 0. The Kier molecular flexibility index (Phi) is 3.53. The maximum Gasteiger partial charge on any atom is 0.141 e.